The summed E-state index contributed by atoms with van der Waals surface area (Å²) in [6.07, 6.45) is 6.73. The second-order valence-electron chi connectivity index (χ2n) is 7.90. The number of hydrogen-bond donors (Lipinski definition) is 1. The second kappa shape index (κ2) is 10.2. The molecule has 1 N–H and O–H groups in total. The van der Waals surface area contributed by atoms with Crippen LogP contribution in [-0.4, -0.2) is 53.5 Å². The summed E-state index contributed by atoms with van der Waals surface area (Å²) in [6, 6.07) is 14.5. The summed E-state index contributed by atoms with van der Waals surface area (Å²) < 4.78 is 0. The predicted molar refractivity (Wildman–Crippen MR) is 113 cm³/mol. The van der Waals surface area contributed by atoms with Crippen molar-refractivity contribution in [1.82, 2.24) is 20.1 Å². The van der Waals surface area contributed by atoms with Gasteiger partial charge in [-0.15, -0.1) is 0 Å². The number of benzene rings is 1. The lowest BCUT2D eigenvalue weighted by molar-refractivity contribution is 0.168. The number of carbonyl (C=O) groups excluding carboxylic acids is 1. The van der Waals surface area contributed by atoms with Crippen LogP contribution >= 0.6 is 0 Å². The SMILES string of the molecule is C[C@@H](NC(=O)N(CCc1ccccc1)Cc1cccnc1)C1CCN(C)CC1. The van der Waals surface area contributed by atoms with E-state index in [-0.39, 0.29) is 12.1 Å². The van der Waals surface area contributed by atoms with E-state index in [1.54, 1.807) is 6.20 Å². The maximum Gasteiger partial charge on any atom is 0.317 e. The average Bonchev–Trinajstić information content (AvgIpc) is 2.73. The number of hydrogen-bond acceptors (Lipinski definition) is 3. The minimum atomic E-state index is 0.0196. The van der Waals surface area contributed by atoms with Crippen molar-refractivity contribution in [2.45, 2.75) is 38.8 Å². The highest BCUT2D eigenvalue weighted by molar-refractivity contribution is 5.74. The quantitative estimate of drug-likeness (QED) is 0.799. The molecule has 150 valence electrons. The summed E-state index contributed by atoms with van der Waals surface area (Å²) in [5.41, 5.74) is 2.30. The van der Waals surface area contributed by atoms with Crippen LogP contribution in [0.15, 0.2) is 54.9 Å². The Hall–Kier alpha value is -2.40. The van der Waals surface area contributed by atoms with Crippen LogP contribution in [0.3, 0.4) is 0 Å². The van der Waals surface area contributed by atoms with E-state index < -0.39 is 0 Å². The summed E-state index contributed by atoms with van der Waals surface area (Å²) in [6.45, 7) is 5.63. The van der Waals surface area contributed by atoms with Crippen molar-refractivity contribution in [3.8, 4) is 0 Å². The van der Waals surface area contributed by atoms with Gasteiger partial charge in [-0.25, -0.2) is 4.79 Å². The van der Waals surface area contributed by atoms with Gasteiger partial charge in [0.05, 0.1) is 0 Å². The summed E-state index contributed by atoms with van der Waals surface area (Å²) >= 11 is 0. The summed E-state index contributed by atoms with van der Waals surface area (Å²) in [5.74, 6) is 0.550. The van der Waals surface area contributed by atoms with E-state index in [4.69, 9.17) is 0 Å². The molecule has 0 saturated carbocycles. The Morgan fingerprint density at radius 1 is 1.18 bits per heavy atom. The van der Waals surface area contributed by atoms with Gasteiger partial charge < -0.3 is 15.1 Å². The molecule has 1 atom stereocenters. The van der Waals surface area contributed by atoms with Gasteiger partial charge in [-0.3, -0.25) is 4.98 Å². The molecular weight excluding hydrogens is 348 g/mol. The third-order valence-electron chi connectivity index (χ3n) is 5.72. The van der Waals surface area contributed by atoms with Gasteiger partial charge in [0.2, 0.25) is 0 Å². The molecule has 0 spiro atoms. The van der Waals surface area contributed by atoms with Crippen LogP contribution in [0, 0.1) is 5.92 Å². The van der Waals surface area contributed by atoms with Gasteiger partial charge in [-0.2, -0.15) is 0 Å². The standard InChI is InChI=1S/C23H32N4O/c1-19(22-11-14-26(2)15-12-22)25-23(28)27(18-21-9-6-13-24-17-21)16-10-20-7-4-3-5-8-20/h3-9,13,17,19,22H,10-12,14-16,18H2,1-2H3,(H,25,28)/t19-/m1/s1. The molecule has 0 aliphatic carbocycles. The number of rotatable bonds is 7. The molecule has 5 nitrogen and oxygen atoms in total. The van der Waals surface area contributed by atoms with Crippen LogP contribution in [0.1, 0.15) is 30.9 Å². The monoisotopic (exact) mass is 380 g/mol. The minimum absolute atomic E-state index is 0.0196. The van der Waals surface area contributed by atoms with Crippen molar-refractivity contribution >= 4 is 6.03 Å². The Bertz CT molecular complexity index is 714. The van der Waals surface area contributed by atoms with Gasteiger partial charge in [0, 0.05) is 31.5 Å². The first-order chi connectivity index (χ1) is 13.6. The molecule has 2 aromatic rings. The second-order valence-corrected chi connectivity index (χ2v) is 7.90. The Balaban J connectivity index is 1.61. The zero-order chi connectivity index (χ0) is 19.8. The van der Waals surface area contributed by atoms with Crippen molar-refractivity contribution in [2.75, 3.05) is 26.7 Å². The van der Waals surface area contributed by atoms with E-state index in [9.17, 15) is 4.79 Å². The van der Waals surface area contributed by atoms with Gasteiger partial charge >= 0.3 is 6.03 Å². The first kappa shape index (κ1) is 20.3. The Kier molecular flexibility index (Phi) is 7.43. The molecule has 1 aromatic heterocycles. The number of amides is 2. The fourth-order valence-electron chi connectivity index (χ4n) is 3.81. The summed E-state index contributed by atoms with van der Waals surface area (Å²) in [7, 11) is 2.17. The van der Waals surface area contributed by atoms with Gasteiger partial charge in [0.25, 0.3) is 0 Å². The van der Waals surface area contributed by atoms with Crippen LogP contribution in [0.25, 0.3) is 0 Å². The highest BCUT2D eigenvalue weighted by atomic mass is 16.2. The average molecular weight is 381 g/mol. The van der Waals surface area contributed by atoms with E-state index in [0.29, 0.717) is 19.0 Å². The zero-order valence-electron chi connectivity index (χ0n) is 17.1. The van der Waals surface area contributed by atoms with Gasteiger partial charge in [0.15, 0.2) is 0 Å². The fraction of sp³-hybridized carbons (Fsp3) is 0.478. The van der Waals surface area contributed by atoms with E-state index >= 15 is 0 Å². The van der Waals surface area contributed by atoms with Crippen LogP contribution in [0.4, 0.5) is 4.79 Å². The van der Waals surface area contributed by atoms with Gasteiger partial charge in [-0.05, 0) is 69.4 Å². The van der Waals surface area contributed by atoms with Crippen LogP contribution in [-0.2, 0) is 13.0 Å². The van der Waals surface area contributed by atoms with Crippen molar-refractivity contribution in [3.63, 3.8) is 0 Å². The van der Waals surface area contributed by atoms with Crippen LogP contribution in [0.2, 0.25) is 0 Å². The Morgan fingerprint density at radius 2 is 1.89 bits per heavy atom. The highest BCUT2D eigenvalue weighted by Gasteiger charge is 2.25. The van der Waals surface area contributed by atoms with Crippen molar-refractivity contribution in [1.29, 1.82) is 0 Å². The molecular formula is C23H32N4O. The number of piperidine rings is 1. The van der Waals surface area contributed by atoms with Crippen LogP contribution < -0.4 is 5.32 Å². The lowest BCUT2D eigenvalue weighted by Gasteiger charge is -2.34. The number of urea groups is 1. The molecule has 1 aliphatic rings. The van der Waals surface area contributed by atoms with Crippen LogP contribution in [0.5, 0.6) is 0 Å². The number of nitrogens with one attached hydrogen (secondary N) is 1. The fourth-order valence-corrected chi connectivity index (χ4v) is 3.81. The summed E-state index contributed by atoms with van der Waals surface area (Å²) in [5, 5.41) is 3.27. The highest BCUT2D eigenvalue weighted by Crippen LogP contribution is 2.20. The lowest BCUT2D eigenvalue weighted by atomic mass is 9.90. The third-order valence-corrected chi connectivity index (χ3v) is 5.72. The number of likely N-dealkylation sites (tertiary alicyclic amines) is 1. The molecule has 0 bridgehead atoms. The molecule has 2 amide bonds. The molecule has 2 heterocycles. The number of carbonyl (C=O) groups is 1. The maximum atomic E-state index is 13.1. The number of pyridine rings is 1. The van der Waals surface area contributed by atoms with Gasteiger partial charge in [0.1, 0.15) is 0 Å². The molecule has 0 radical (unpaired) electrons. The predicted octanol–water partition coefficient (Wildman–Crippen LogP) is 3.57. The maximum absolute atomic E-state index is 13.1. The molecule has 1 aliphatic heterocycles. The first-order valence-corrected chi connectivity index (χ1v) is 10.3. The molecule has 3 rings (SSSR count). The number of nitrogens with zero attached hydrogens (tertiary/aromatic N) is 3. The zero-order valence-corrected chi connectivity index (χ0v) is 17.1. The molecule has 1 fully saturated rings. The normalized spacial score (nSPS) is 16.5. The van der Waals surface area contributed by atoms with E-state index in [1.165, 1.54) is 5.56 Å². The topological polar surface area (TPSA) is 48.5 Å². The Morgan fingerprint density at radius 3 is 2.57 bits per heavy atom. The first-order valence-electron chi connectivity index (χ1n) is 10.3. The molecule has 0 unspecified atom stereocenters. The number of aromatic nitrogens is 1. The molecule has 1 aromatic carbocycles. The van der Waals surface area contributed by atoms with E-state index in [1.807, 2.05) is 41.4 Å². The molecule has 28 heavy (non-hydrogen) atoms. The largest absolute Gasteiger partial charge is 0.335 e. The summed E-state index contributed by atoms with van der Waals surface area (Å²) in [4.78, 5) is 21.5. The van der Waals surface area contributed by atoms with E-state index in [0.717, 1.165) is 37.9 Å². The van der Waals surface area contributed by atoms with E-state index in [2.05, 4.69) is 41.3 Å². The van der Waals surface area contributed by atoms with Gasteiger partial charge in [-0.1, -0.05) is 36.4 Å². The Labute approximate surface area is 168 Å². The minimum Gasteiger partial charge on any atom is -0.335 e. The van der Waals surface area contributed by atoms with Crippen molar-refractivity contribution in [2.24, 2.45) is 5.92 Å². The molecule has 1 saturated heterocycles. The lowest BCUT2D eigenvalue weighted by Crippen LogP contribution is -2.48. The third kappa shape index (κ3) is 6.06. The van der Waals surface area contributed by atoms with Crippen molar-refractivity contribution in [3.05, 3.63) is 66.0 Å². The smallest absolute Gasteiger partial charge is 0.317 e. The van der Waals surface area contributed by atoms with Crippen molar-refractivity contribution < 1.29 is 4.79 Å². The molecule has 5 heteroatoms.